The van der Waals surface area contributed by atoms with Gasteiger partial charge < -0.3 is 5.32 Å². The molecule has 1 N–H and O–H groups in total. The van der Waals surface area contributed by atoms with Crippen molar-refractivity contribution in [2.24, 2.45) is 0 Å². The number of pyridine rings is 1. The Bertz CT molecular complexity index is 181. The van der Waals surface area contributed by atoms with E-state index in [1.807, 2.05) is 12.1 Å². The van der Waals surface area contributed by atoms with Crippen molar-refractivity contribution in [1.29, 1.82) is 0 Å². The zero-order valence-electron chi connectivity index (χ0n) is 6.26. The molecule has 1 aromatic rings. The van der Waals surface area contributed by atoms with Crippen LogP contribution in [0.1, 0.15) is 6.42 Å². The molecule has 0 bridgehead atoms. The predicted molar refractivity (Wildman–Crippen MR) is 49.4 cm³/mol. The summed E-state index contributed by atoms with van der Waals surface area (Å²) in [6.07, 6.45) is 4.88. The summed E-state index contributed by atoms with van der Waals surface area (Å²) in [6.45, 7) is 2.50. The minimum Gasteiger partial charge on any atom is -0.317 e. The number of halogens is 1. The number of hydrogen-bond donors (Lipinski definition) is 1. The highest BCUT2D eigenvalue weighted by Crippen LogP contribution is 2.02. The molecule has 1 aliphatic heterocycles. The second-order valence-corrected chi connectivity index (χ2v) is 3.19. The topological polar surface area (TPSA) is 24.9 Å². The van der Waals surface area contributed by atoms with Crippen LogP contribution in [0, 0.1) is 0 Å². The molecule has 3 heteroatoms. The van der Waals surface area contributed by atoms with Gasteiger partial charge in [-0.2, -0.15) is 0 Å². The maximum atomic E-state index is 3.84. The van der Waals surface area contributed by atoms with E-state index < -0.39 is 0 Å². The van der Waals surface area contributed by atoms with Crippen LogP contribution in [0.25, 0.3) is 0 Å². The number of hydrogen-bond acceptors (Lipinski definition) is 2. The minimum absolute atomic E-state index is 1.02. The average molecular weight is 215 g/mol. The lowest BCUT2D eigenvalue weighted by Crippen LogP contribution is -2.29. The highest BCUT2D eigenvalue weighted by atomic mass is 79.9. The summed E-state index contributed by atoms with van der Waals surface area (Å²) < 4.78 is 1.02. The molecule has 0 spiro atoms. The molecule has 0 unspecified atom stereocenters. The minimum atomic E-state index is 1.02. The molecule has 0 amide bonds. The molecule has 0 aliphatic carbocycles. The highest BCUT2D eigenvalue weighted by molar-refractivity contribution is 9.10. The normalized spacial score (nSPS) is 14.3. The molecule has 0 atom stereocenters. The van der Waals surface area contributed by atoms with E-state index in [2.05, 4.69) is 26.2 Å². The van der Waals surface area contributed by atoms with E-state index in [-0.39, 0.29) is 0 Å². The molecule has 60 valence electrons. The van der Waals surface area contributed by atoms with E-state index in [4.69, 9.17) is 0 Å². The maximum absolute atomic E-state index is 3.84. The van der Waals surface area contributed by atoms with Crippen molar-refractivity contribution < 1.29 is 0 Å². The zero-order chi connectivity index (χ0) is 7.94. The van der Waals surface area contributed by atoms with Gasteiger partial charge in [-0.1, -0.05) is 0 Å². The van der Waals surface area contributed by atoms with Gasteiger partial charge in [-0.3, -0.25) is 4.98 Å². The van der Waals surface area contributed by atoms with Crippen LogP contribution in [0.15, 0.2) is 29.0 Å². The third kappa shape index (κ3) is 4.11. The van der Waals surface area contributed by atoms with Gasteiger partial charge in [0.05, 0.1) is 0 Å². The fraction of sp³-hybridized carbons (Fsp3) is 0.375. The van der Waals surface area contributed by atoms with Crippen LogP contribution in [-0.2, 0) is 0 Å². The fourth-order valence-electron chi connectivity index (χ4n) is 0.519. The standard InChI is InChI=1S/C5H4BrN.C3H7N/c6-5-2-1-3-7-4-5;1-2-4-3-1/h1-4H;4H,1-3H2. The Morgan fingerprint density at radius 1 is 1.45 bits per heavy atom. The number of rotatable bonds is 0. The van der Waals surface area contributed by atoms with E-state index in [1.165, 1.54) is 19.5 Å². The van der Waals surface area contributed by atoms with Crippen LogP contribution in [0.4, 0.5) is 0 Å². The lowest BCUT2D eigenvalue weighted by Gasteiger charge is -2.09. The van der Waals surface area contributed by atoms with Gasteiger partial charge in [0.25, 0.3) is 0 Å². The van der Waals surface area contributed by atoms with E-state index in [9.17, 15) is 0 Å². The Hall–Kier alpha value is -0.410. The first kappa shape index (κ1) is 8.68. The highest BCUT2D eigenvalue weighted by Gasteiger charge is 1.92. The molecule has 2 heterocycles. The first-order valence-corrected chi connectivity index (χ1v) is 4.45. The van der Waals surface area contributed by atoms with Crippen LogP contribution >= 0.6 is 15.9 Å². The van der Waals surface area contributed by atoms with Crippen LogP contribution < -0.4 is 5.32 Å². The molecular weight excluding hydrogens is 204 g/mol. The molecule has 2 rings (SSSR count). The molecule has 1 aliphatic rings. The summed E-state index contributed by atoms with van der Waals surface area (Å²) in [4.78, 5) is 3.84. The van der Waals surface area contributed by atoms with Gasteiger partial charge in [-0.25, -0.2) is 0 Å². The van der Waals surface area contributed by atoms with E-state index in [0.717, 1.165) is 4.47 Å². The molecule has 0 radical (unpaired) electrons. The second kappa shape index (κ2) is 5.27. The molecule has 11 heavy (non-hydrogen) atoms. The van der Waals surface area contributed by atoms with Gasteiger partial charge in [0, 0.05) is 16.9 Å². The SMILES string of the molecule is Brc1cccnc1.C1CNC1. The number of nitrogens with zero attached hydrogens (tertiary/aromatic N) is 1. The zero-order valence-corrected chi connectivity index (χ0v) is 7.84. The number of aromatic nitrogens is 1. The smallest absolute Gasteiger partial charge is 0.0410 e. The Balaban J connectivity index is 0.000000128. The Morgan fingerprint density at radius 2 is 2.09 bits per heavy atom. The maximum Gasteiger partial charge on any atom is 0.0410 e. The van der Waals surface area contributed by atoms with Crippen molar-refractivity contribution in [3.8, 4) is 0 Å². The first-order chi connectivity index (χ1) is 5.39. The van der Waals surface area contributed by atoms with Crippen molar-refractivity contribution in [2.75, 3.05) is 13.1 Å². The third-order valence-electron chi connectivity index (χ3n) is 1.33. The van der Waals surface area contributed by atoms with Crippen molar-refractivity contribution in [3.05, 3.63) is 29.0 Å². The monoisotopic (exact) mass is 214 g/mol. The molecule has 2 nitrogen and oxygen atoms in total. The van der Waals surface area contributed by atoms with Gasteiger partial charge in [0.2, 0.25) is 0 Å². The fourth-order valence-corrected chi connectivity index (χ4v) is 0.790. The van der Waals surface area contributed by atoms with Crippen LogP contribution in [0.5, 0.6) is 0 Å². The summed E-state index contributed by atoms with van der Waals surface area (Å²) in [5.74, 6) is 0. The summed E-state index contributed by atoms with van der Waals surface area (Å²) in [5.41, 5.74) is 0. The Labute approximate surface area is 75.2 Å². The molecule has 1 aromatic heterocycles. The van der Waals surface area contributed by atoms with Crippen molar-refractivity contribution >= 4 is 15.9 Å². The average Bonchev–Trinajstić information content (AvgIpc) is 1.85. The van der Waals surface area contributed by atoms with E-state index in [0.29, 0.717) is 0 Å². The van der Waals surface area contributed by atoms with Crippen molar-refractivity contribution in [1.82, 2.24) is 10.3 Å². The van der Waals surface area contributed by atoms with Gasteiger partial charge in [-0.15, -0.1) is 0 Å². The third-order valence-corrected chi connectivity index (χ3v) is 1.80. The lowest BCUT2D eigenvalue weighted by molar-refractivity contribution is 0.527. The molecular formula is C8H11BrN2. The van der Waals surface area contributed by atoms with Crippen LogP contribution in [-0.4, -0.2) is 18.1 Å². The molecule has 1 saturated heterocycles. The lowest BCUT2D eigenvalue weighted by atomic mass is 10.3. The van der Waals surface area contributed by atoms with Gasteiger partial charge in [0.15, 0.2) is 0 Å². The van der Waals surface area contributed by atoms with Gasteiger partial charge in [0.1, 0.15) is 0 Å². The van der Waals surface area contributed by atoms with E-state index in [1.54, 1.807) is 12.4 Å². The summed E-state index contributed by atoms with van der Waals surface area (Å²) in [5, 5.41) is 3.11. The van der Waals surface area contributed by atoms with Gasteiger partial charge >= 0.3 is 0 Å². The summed E-state index contributed by atoms with van der Waals surface area (Å²) in [6, 6.07) is 3.82. The summed E-state index contributed by atoms with van der Waals surface area (Å²) >= 11 is 3.25. The molecule has 0 saturated carbocycles. The predicted octanol–water partition coefficient (Wildman–Crippen LogP) is 1.82. The van der Waals surface area contributed by atoms with Gasteiger partial charge in [-0.05, 0) is 47.6 Å². The van der Waals surface area contributed by atoms with Crippen molar-refractivity contribution in [3.63, 3.8) is 0 Å². The Kier molecular flexibility index (Phi) is 4.16. The van der Waals surface area contributed by atoms with Crippen molar-refractivity contribution in [2.45, 2.75) is 6.42 Å². The largest absolute Gasteiger partial charge is 0.317 e. The van der Waals surface area contributed by atoms with E-state index >= 15 is 0 Å². The first-order valence-electron chi connectivity index (χ1n) is 3.66. The Morgan fingerprint density at radius 3 is 2.27 bits per heavy atom. The molecule has 1 fully saturated rings. The van der Waals surface area contributed by atoms with Crippen LogP contribution in [0.2, 0.25) is 0 Å². The second-order valence-electron chi connectivity index (χ2n) is 2.27. The molecule has 0 aromatic carbocycles. The number of nitrogens with one attached hydrogen (secondary N) is 1. The van der Waals surface area contributed by atoms with Crippen LogP contribution in [0.3, 0.4) is 0 Å². The quantitative estimate of drug-likeness (QED) is 0.714. The summed E-state index contributed by atoms with van der Waals surface area (Å²) in [7, 11) is 0.